The van der Waals surface area contributed by atoms with Gasteiger partial charge in [0.15, 0.2) is 11.6 Å². The number of allylic oxidation sites excluding steroid dienone is 1. The van der Waals surface area contributed by atoms with E-state index in [-0.39, 0.29) is 5.75 Å². The predicted molar refractivity (Wildman–Crippen MR) is 109 cm³/mol. The molecule has 2 saturated carbocycles. The van der Waals surface area contributed by atoms with Gasteiger partial charge in [0.25, 0.3) is 0 Å². The first-order chi connectivity index (χ1) is 13.6. The summed E-state index contributed by atoms with van der Waals surface area (Å²) in [7, 11) is 0. The van der Waals surface area contributed by atoms with E-state index in [2.05, 4.69) is 13.0 Å². The molecule has 0 aliphatic heterocycles. The van der Waals surface area contributed by atoms with Gasteiger partial charge < -0.3 is 4.74 Å². The van der Waals surface area contributed by atoms with Gasteiger partial charge in [-0.2, -0.15) is 4.39 Å². The molecule has 1 atom stereocenters. The highest BCUT2D eigenvalue weighted by Gasteiger charge is 2.27. The lowest BCUT2D eigenvalue weighted by Crippen LogP contribution is -2.23. The Kier molecular flexibility index (Phi) is 6.38. The van der Waals surface area contributed by atoms with Crippen LogP contribution in [0.15, 0.2) is 23.8 Å². The molecular weight excluding hydrogens is 354 g/mol. The van der Waals surface area contributed by atoms with Crippen molar-refractivity contribution in [1.82, 2.24) is 0 Å². The van der Waals surface area contributed by atoms with Crippen molar-refractivity contribution < 1.29 is 13.5 Å². The summed E-state index contributed by atoms with van der Waals surface area (Å²) >= 11 is 0. The molecule has 0 saturated heterocycles. The van der Waals surface area contributed by atoms with Crippen LogP contribution in [0.3, 0.4) is 0 Å². The number of rotatable bonds is 7. The molecule has 0 heterocycles. The summed E-state index contributed by atoms with van der Waals surface area (Å²) in [5.74, 6) is 1.81. The Hall–Kier alpha value is -1.38. The number of halogens is 2. The molecule has 0 N–H and O–H groups in total. The van der Waals surface area contributed by atoms with Crippen LogP contribution in [0.25, 0.3) is 0 Å². The maximum Gasteiger partial charge on any atom is 0.200 e. The number of benzene rings is 1. The highest BCUT2D eigenvalue weighted by Crippen LogP contribution is 2.39. The van der Waals surface area contributed by atoms with E-state index in [9.17, 15) is 8.78 Å². The average molecular weight is 389 g/mol. The van der Waals surface area contributed by atoms with E-state index in [0.717, 1.165) is 42.9 Å². The molecule has 3 heteroatoms. The zero-order valence-electron chi connectivity index (χ0n) is 17.2. The third kappa shape index (κ3) is 4.96. The monoisotopic (exact) mass is 388 g/mol. The van der Waals surface area contributed by atoms with Crippen molar-refractivity contribution in [2.75, 3.05) is 6.61 Å². The minimum atomic E-state index is -0.820. The van der Waals surface area contributed by atoms with E-state index in [1.807, 2.05) is 0 Å². The van der Waals surface area contributed by atoms with Gasteiger partial charge in [0, 0.05) is 0 Å². The molecule has 2 fully saturated rings. The molecule has 0 radical (unpaired) electrons. The fraction of sp³-hybridized carbons (Fsp3) is 0.680. The average Bonchev–Trinajstić information content (AvgIpc) is 3.54. The second-order valence-electron chi connectivity index (χ2n) is 9.54. The fourth-order valence-corrected chi connectivity index (χ4v) is 5.04. The molecule has 3 aliphatic rings. The molecule has 154 valence electrons. The van der Waals surface area contributed by atoms with Crippen LogP contribution in [-0.4, -0.2) is 6.61 Å². The van der Waals surface area contributed by atoms with Crippen molar-refractivity contribution in [2.45, 2.75) is 77.6 Å². The van der Waals surface area contributed by atoms with Crippen LogP contribution in [0, 0.1) is 35.3 Å². The van der Waals surface area contributed by atoms with Crippen molar-refractivity contribution in [3.63, 3.8) is 0 Å². The zero-order chi connectivity index (χ0) is 19.5. The number of hydrogen-bond donors (Lipinski definition) is 0. The first-order valence-corrected chi connectivity index (χ1v) is 11.4. The first kappa shape index (κ1) is 19.9. The summed E-state index contributed by atoms with van der Waals surface area (Å²) in [6.07, 6.45) is 15.2. The van der Waals surface area contributed by atoms with Gasteiger partial charge in [-0.1, -0.05) is 44.7 Å². The smallest absolute Gasteiger partial charge is 0.200 e. The number of ether oxygens (including phenoxy) is 1. The summed E-state index contributed by atoms with van der Waals surface area (Å²) < 4.78 is 34.3. The fourth-order valence-electron chi connectivity index (χ4n) is 5.04. The second kappa shape index (κ2) is 8.97. The lowest BCUT2D eigenvalue weighted by atomic mass is 9.72. The normalized spacial score (nSPS) is 28.1. The van der Waals surface area contributed by atoms with E-state index < -0.39 is 11.6 Å². The second-order valence-corrected chi connectivity index (χ2v) is 9.54. The Bertz CT molecular complexity index is 699. The van der Waals surface area contributed by atoms with Crippen LogP contribution in [-0.2, 0) is 6.42 Å². The third-order valence-electron chi connectivity index (χ3n) is 7.33. The zero-order valence-corrected chi connectivity index (χ0v) is 17.2. The van der Waals surface area contributed by atoms with Crippen LogP contribution >= 0.6 is 0 Å². The van der Waals surface area contributed by atoms with Crippen molar-refractivity contribution >= 4 is 0 Å². The Morgan fingerprint density at radius 3 is 2.39 bits per heavy atom. The maximum absolute atomic E-state index is 14.4. The van der Waals surface area contributed by atoms with Crippen LogP contribution in [0.1, 0.15) is 76.7 Å². The van der Waals surface area contributed by atoms with Crippen LogP contribution in [0.4, 0.5) is 8.78 Å². The summed E-state index contributed by atoms with van der Waals surface area (Å²) in [6.45, 7) is 2.75. The van der Waals surface area contributed by atoms with E-state index in [1.54, 1.807) is 12.1 Å². The number of hydrogen-bond acceptors (Lipinski definition) is 1. The predicted octanol–water partition coefficient (Wildman–Crippen LogP) is 7.24. The van der Waals surface area contributed by atoms with Crippen LogP contribution in [0.5, 0.6) is 5.75 Å². The van der Waals surface area contributed by atoms with Gasteiger partial charge in [-0.15, -0.1) is 0 Å². The van der Waals surface area contributed by atoms with Crippen molar-refractivity contribution in [3.8, 4) is 5.75 Å². The Balaban J connectivity index is 1.28. The quantitative estimate of drug-likeness (QED) is 0.447. The Morgan fingerprint density at radius 1 is 0.929 bits per heavy atom. The molecular formula is C25H34F2O. The molecule has 0 amide bonds. The van der Waals surface area contributed by atoms with Gasteiger partial charge in [-0.3, -0.25) is 0 Å². The minimum Gasteiger partial charge on any atom is -0.486 e. The Labute approximate surface area is 168 Å². The SMILES string of the molecule is CC1CCC(C2CC=C(COc3ccc(CCC4CC4)c(F)c3F)CC2)CC1. The lowest BCUT2D eigenvalue weighted by molar-refractivity contribution is 0.197. The molecule has 28 heavy (non-hydrogen) atoms. The minimum absolute atomic E-state index is 0.0527. The molecule has 1 aromatic carbocycles. The van der Waals surface area contributed by atoms with Crippen molar-refractivity contribution in [2.24, 2.45) is 23.7 Å². The molecule has 0 spiro atoms. The standard InChI is InChI=1S/C25H34F2O/c1-17-2-9-20(10-3-17)21-11-7-19(8-12-21)16-28-23-15-14-22(24(26)25(23)27)13-6-18-4-5-18/h7,14-15,17-18,20-21H,2-6,8-13,16H2,1H3. The molecule has 1 aromatic rings. The van der Waals surface area contributed by atoms with Crippen molar-refractivity contribution in [3.05, 3.63) is 41.0 Å². The highest BCUT2D eigenvalue weighted by molar-refractivity contribution is 5.31. The maximum atomic E-state index is 14.4. The van der Waals surface area contributed by atoms with E-state index >= 15 is 0 Å². The molecule has 3 aliphatic carbocycles. The topological polar surface area (TPSA) is 9.23 Å². The molecule has 1 nitrogen and oxygen atoms in total. The van der Waals surface area contributed by atoms with E-state index in [1.165, 1.54) is 50.5 Å². The molecule has 4 rings (SSSR count). The first-order valence-electron chi connectivity index (χ1n) is 11.4. The molecule has 1 unspecified atom stereocenters. The van der Waals surface area contributed by atoms with Crippen LogP contribution in [0.2, 0.25) is 0 Å². The molecule has 0 aromatic heterocycles. The van der Waals surface area contributed by atoms with Gasteiger partial charge in [0.05, 0.1) is 0 Å². The van der Waals surface area contributed by atoms with Gasteiger partial charge in [0.2, 0.25) is 5.82 Å². The summed E-state index contributed by atoms with van der Waals surface area (Å²) in [5, 5.41) is 0. The van der Waals surface area contributed by atoms with Crippen molar-refractivity contribution in [1.29, 1.82) is 0 Å². The largest absolute Gasteiger partial charge is 0.486 e. The van der Waals surface area contributed by atoms with Crippen LogP contribution < -0.4 is 4.74 Å². The Morgan fingerprint density at radius 2 is 1.71 bits per heavy atom. The van der Waals surface area contributed by atoms with E-state index in [4.69, 9.17) is 4.74 Å². The third-order valence-corrected chi connectivity index (χ3v) is 7.33. The van der Waals surface area contributed by atoms with Gasteiger partial charge in [0.1, 0.15) is 6.61 Å². The highest BCUT2D eigenvalue weighted by atomic mass is 19.2. The van der Waals surface area contributed by atoms with E-state index in [0.29, 0.717) is 18.6 Å². The van der Waals surface area contributed by atoms with Gasteiger partial charge in [-0.05, 0) is 85.8 Å². The van der Waals surface area contributed by atoms with Gasteiger partial charge in [-0.25, -0.2) is 4.39 Å². The summed E-state index contributed by atoms with van der Waals surface area (Å²) in [4.78, 5) is 0. The molecule has 0 bridgehead atoms. The summed E-state index contributed by atoms with van der Waals surface area (Å²) in [6, 6.07) is 3.31. The number of aryl methyl sites for hydroxylation is 1. The van der Waals surface area contributed by atoms with Gasteiger partial charge >= 0.3 is 0 Å². The summed E-state index contributed by atoms with van der Waals surface area (Å²) in [5.41, 5.74) is 1.72. The lowest BCUT2D eigenvalue weighted by Gasteiger charge is -2.34.